The van der Waals surface area contributed by atoms with Crippen LogP contribution in [0.2, 0.25) is 0 Å². The van der Waals surface area contributed by atoms with Gasteiger partial charge < -0.3 is 5.73 Å². The van der Waals surface area contributed by atoms with Crippen LogP contribution in [0.1, 0.15) is 5.56 Å². The van der Waals surface area contributed by atoms with Crippen molar-refractivity contribution < 1.29 is 0 Å². The zero-order valence-electron chi connectivity index (χ0n) is 7.07. The number of hydrogen-bond acceptors (Lipinski definition) is 3. The molecule has 0 aliphatic rings. The molecule has 2 rings (SSSR count). The van der Waals surface area contributed by atoms with Gasteiger partial charge in [-0.05, 0) is 24.6 Å². The van der Waals surface area contributed by atoms with Gasteiger partial charge in [0.05, 0.1) is 5.52 Å². The van der Waals surface area contributed by atoms with Crippen LogP contribution in [-0.4, -0.2) is 15.0 Å². The van der Waals surface area contributed by atoms with E-state index in [4.69, 9.17) is 5.73 Å². The van der Waals surface area contributed by atoms with Crippen molar-refractivity contribution in [2.24, 2.45) is 7.05 Å². The van der Waals surface area contributed by atoms with Gasteiger partial charge in [-0.3, -0.25) is 0 Å². The van der Waals surface area contributed by atoms with Crippen LogP contribution >= 0.6 is 0 Å². The van der Waals surface area contributed by atoms with E-state index in [1.54, 1.807) is 4.68 Å². The Hall–Kier alpha value is -1.58. The van der Waals surface area contributed by atoms with Gasteiger partial charge in [0.1, 0.15) is 5.52 Å². The smallest absolute Gasteiger partial charge is 0.115 e. The van der Waals surface area contributed by atoms with E-state index in [1.807, 2.05) is 26.1 Å². The fraction of sp³-hybridized carbons (Fsp3) is 0.250. The third kappa shape index (κ3) is 0.845. The molecule has 1 aromatic carbocycles. The van der Waals surface area contributed by atoms with Crippen LogP contribution in [0.25, 0.3) is 11.0 Å². The Morgan fingerprint density at radius 2 is 2.17 bits per heavy atom. The van der Waals surface area contributed by atoms with Crippen LogP contribution in [0.4, 0.5) is 5.69 Å². The van der Waals surface area contributed by atoms with E-state index < -0.39 is 0 Å². The molecule has 2 N–H and O–H groups in total. The number of hydrogen-bond donors (Lipinski definition) is 1. The topological polar surface area (TPSA) is 56.7 Å². The van der Waals surface area contributed by atoms with Crippen molar-refractivity contribution in [2.75, 3.05) is 5.73 Å². The second-order valence-corrected chi connectivity index (χ2v) is 2.91. The van der Waals surface area contributed by atoms with E-state index in [-0.39, 0.29) is 0 Å². The molecule has 0 spiro atoms. The molecule has 0 radical (unpaired) electrons. The van der Waals surface area contributed by atoms with Crippen molar-refractivity contribution in [3.05, 3.63) is 17.7 Å². The summed E-state index contributed by atoms with van der Waals surface area (Å²) in [6, 6.07) is 3.84. The summed E-state index contributed by atoms with van der Waals surface area (Å²) in [6.45, 7) is 1.97. The van der Waals surface area contributed by atoms with Gasteiger partial charge in [-0.2, -0.15) is 0 Å². The lowest BCUT2D eigenvalue weighted by molar-refractivity contribution is 0.736. The van der Waals surface area contributed by atoms with Crippen LogP contribution in [0.3, 0.4) is 0 Å². The SMILES string of the molecule is Cc1cc2c(cc1N)nnn2C. The standard InChI is InChI=1S/C8H10N4/c1-5-3-8-7(4-6(5)9)10-11-12(8)2/h3-4H,9H2,1-2H3. The summed E-state index contributed by atoms with van der Waals surface area (Å²) in [4.78, 5) is 0. The second-order valence-electron chi connectivity index (χ2n) is 2.91. The van der Waals surface area contributed by atoms with Crippen molar-refractivity contribution in [1.29, 1.82) is 0 Å². The molecule has 0 aliphatic heterocycles. The van der Waals surface area contributed by atoms with E-state index in [1.165, 1.54) is 0 Å². The molecule has 1 heterocycles. The predicted molar refractivity (Wildman–Crippen MR) is 47.7 cm³/mol. The molecular formula is C8H10N4. The second kappa shape index (κ2) is 2.20. The van der Waals surface area contributed by atoms with Gasteiger partial charge in [0.15, 0.2) is 0 Å². The zero-order valence-corrected chi connectivity index (χ0v) is 7.07. The summed E-state index contributed by atoms with van der Waals surface area (Å²) in [5.41, 5.74) is 9.41. The van der Waals surface area contributed by atoms with Crippen molar-refractivity contribution in [1.82, 2.24) is 15.0 Å². The first-order chi connectivity index (χ1) is 5.68. The monoisotopic (exact) mass is 162 g/mol. The normalized spacial score (nSPS) is 10.8. The summed E-state index contributed by atoms with van der Waals surface area (Å²) in [5.74, 6) is 0. The summed E-state index contributed by atoms with van der Waals surface area (Å²) in [6.07, 6.45) is 0. The fourth-order valence-electron chi connectivity index (χ4n) is 1.20. The Morgan fingerprint density at radius 3 is 2.92 bits per heavy atom. The Labute approximate surface area is 70.0 Å². The molecule has 0 bridgehead atoms. The molecule has 0 saturated heterocycles. The lowest BCUT2D eigenvalue weighted by Crippen LogP contribution is -1.92. The predicted octanol–water partition coefficient (Wildman–Crippen LogP) is 0.859. The van der Waals surface area contributed by atoms with Gasteiger partial charge in [0.25, 0.3) is 0 Å². The molecule has 12 heavy (non-hydrogen) atoms. The quantitative estimate of drug-likeness (QED) is 0.584. The van der Waals surface area contributed by atoms with Crippen LogP contribution in [0.15, 0.2) is 12.1 Å². The highest BCUT2D eigenvalue weighted by atomic mass is 15.4. The molecule has 0 aliphatic carbocycles. The number of rotatable bonds is 0. The van der Waals surface area contributed by atoms with Gasteiger partial charge in [0, 0.05) is 12.7 Å². The summed E-state index contributed by atoms with van der Waals surface area (Å²) in [7, 11) is 1.87. The van der Waals surface area contributed by atoms with Gasteiger partial charge in [-0.15, -0.1) is 5.10 Å². The number of nitrogen functional groups attached to an aromatic ring is 1. The number of aromatic nitrogens is 3. The third-order valence-corrected chi connectivity index (χ3v) is 2.00. The Balaban J connectivity index is 2.87. The Bertz CT molecular complexity index is 430. The van der Waals surface area contributed by atoms with Gasteiger partial charge in [0.2, 0.25) is 0 Å². The average Bonchev–Trinajstić information content (AvgIpc) is 2.35. The maximum absolute atomic E-state index is 5.72. The number of anilines is 1. The van der Waals surface area contributed by atoms with E-state index >= 15 is 0 Å². The van der Waals surface area contributed by atoms with Crippen LogP contribution in [0.5, 0.6) is 0 Å². The molecule has 0 fully saturated rings. The minimum Gasteiger partial charge on any atom is -0.398 e. The molecule has 4 nitrogen and oxygen atoms in total. The molecule has 62 valence electrons. The number of benzene rings is 1. The van der Waals surface area contributed by atoms with Crippen molar-refractivity contribution in [3.8, 4) is 0 Å². The summed E-state index contributed by atoms with van der Waals surface area (Å²) < 4.78 is 1.74. The molecule has 0 saturated carbocycles. The van der Waals surface area contributed by atoms with E-state index in [2.05, 4.69) is 10.3 Å². The minimum absolute atomic E-state index is 0.767. The van der Waals surface area contributed by atoms with E-state index in [0.29, 0.717) is 0 Å². The highest BCUT2D eigenvalue weighted by Crippen LogP contribution is 2.18. The molecule has 1 aromatic heterocycles. The molecular weight excluding hydrogens is 152 g/mol. The van der Waals surface area contributed by atoms with E-state index in [9.17, 15) is 0 Å². The van der Waals surface area contributed by atoms with Crippen LogP contribution < -0.4 is 5.73 Å². The highest BCUT2D eigenvalue weighted by Gasteiger charge is 2.02. The zero-order chi connectivity index (χ0) is 8.72. The first-order valence-electron chi connectivity index (χ1n) is 3.74. The number of aryl methyl sites for hydroxylation is 2. The summed E-state index contributed by atoms with van der Waals surface area (Å²) >= 11 is 0. The van der Waals surface area contributed by atoms with Crippen molar-refractivity contribution >= 4 is 16.7 Å². The molecule has 2 aromatic rings. The average molecular weight is 162 g/mol. The molecule has 0 amide bonds. The van der Waals surface area contributed by atoms with Crippen molar-refractivity contribution in [3.63, 3.8) is 0 Å². The highest BCUT2D eigenvalue weighted by molar-refractivity contribution is 5.79. The molecule has 4 heteroatoms. The Kier molecular flexibility index (Phi) is 1.30. The molecule has 0 atom stereocenters. The van der Waals surface area contributed by atoms with E-state index in [0.717, 1.165) is 22.3 Å². The largest absolute Gasteiger partial charge is 0.398 e. The lowest BCUT2D eigenvalue weighted by Gasteiger charge is -1.98. The minimum atomic E-state index is 0.767. The number of nitrogens with zero attached hydrogens (tertiary/aromatic N) is 3. The maximum atomic E-state index is 5.72. The van der Waals surface area contributed by atoms with Gasteiger partial charge >= 0.3 is 0 Å². The first-order valence-corrected chi connectivity index (χ1v) is 3.74. The number of fused-ring (bicyclic) bond motifs is 1. The van der Waals surface area contributed by atoms with Crippen molar-refractivity contribution in [2.45, 2.75) is 6.92 Å². The third-order valence-electron chi connectivity index (χ3n) is 2.00. The van der Waals surface area contributed by atoms with Crippen LogP contribution in [-0.2, 0) is 7.05 Å². The van der Waals surface area contributed by atoms with Gasteiger partial charge in [-0.1, -0.05) is 5.21 Å². The summed E-state index contributed by atoms with van der Waals surface area (Å²) in [5, 5.41) is 7.84. The molecule has 0 unspecified atom stereocenters. The lowest BCUT2D eigenvalue weighted by atomic mass is 10.2. The Morgan fingerprint density at radius 1 is 1.42 bits per heavy atom. The van der Waals surface area contributed by atoms with Crippen LogP contribution in [0, 0.1) is 6.92 Å². The number of nitrogens with two attached hydrogens (primary N) is 1. The fourth-order valence-corrected chi connectivity index (χ4v) is 1.20. The van der Waals surface area contributed by atoms with Gasteiger partial charge in [-0.25, -0.2) is 4.68 Å². The maximum Gasteiger partial charge on any atom is 0.115 e. The first kappa shape index (κ1) is 7.09.